The Morgan fingerprint density at radius 1 is 1.00 bits per heavy atom. The Labute approximate surface area is 215 Å². The van der Waals surface area contributed by atoms with Gasteiger partial charge in [0.25, 0.3) is 5.56 Å². The van der Waals surface area contributed by atoms with Crippen LogP contribution in [0.4, 0.5) is 8.78 Å². The lowest BCUT2D eigenvalue weighted by molar-refractivity contribution is 0.0382. The van der Waals surface area contributed by atoms with Gasteiger partial charge in [0, 0.05) is 49.4 Å². The third-order valence-corrected chi connectivity index (χ3v) is 5.98. The van der Waals surface area contributed by atoms with Crippen molar-refractivity contribution in [3.8, 4) is 22.6 Å². The Morgan fingerprint density at radius 2 is 1.79 bits per heavy atom. The summed E-state index contributed by atoms with van der Waals surface area (Å²) in [5.41, 5.74) is 1.36. The second-order valence-electron chi connectivity index (χ2n) is 8.71. The average molecular weight is 523 g/mol. The van der Waals surface area contributed by atoms with E-state index in [4.69, 9.17) is 9.26 Å². The smallest absolute Gasteiger partial charge is 0.316 e. The summed E-state index contributed by atoms with van der Waals surface area (Å²) in [5, 5.41) is 11.0. The molecule has 2 aromatic heterocycles. The molecule has 1 amide bonds. The Kier molecular flexibility index (Phi) is 7.61. The fraction of sp³-hybridized carbons (Fsp3) is 0.269. The lowest BCUT2D eigenvalue weighted by Gasteiger charge is -2.26. The van der Waals surface area contributed by atoms with Crippen molar-refractivity contribution in [3.63, 3.8) is 0 Å². The highest BCUT2D eigenvalue weighted by Crippen LogP contribution is 2.20. The summed E-state index contributed by atoms with van der Waals surface area (Å²) < 4.78 is 39.0. The first-order valence-corrected chi connectivity index (χ1v) is 12.0. The first-order chi connectivity index (χ1) is 18.4. The second-order valence-corrected chi connectivity index (χ2v) is 8.71. The number of benzene rings is 2. The molecule has 1 aliphatic rings. The van der Waals surface area contributed by atoms with Gasteiger partial charge in [0.05, 0.1) is 25.5 Å². The van der Waals surface area contributed by atoms with Crippen molar-refractivity contribution in [2.75, 3.05) is 39.4 Å². The van der Waals surface area contributed by atoms with Gasteiger partial charge >= 0.3 is 11.8 Å². The third-order valence-electron chi connectivity index (χ3n) is 5.98. The summed E-state index contributed by atoms with van der Waals surface area (Å²) in [7, 11) is 0. The quantitative estimate of drug-likeness (QED) is 0.375. The molecule has 0 bridgehead atoms. The Morgan fingerprint density at radius 3 is 2.58 bits per heavy atom. The minimum absolute atomic E-state index is 0.0883. The van der Waals surface area contributed by atoms with Crippen LogP contribution in [0.3, 0.4) is 0 Å². The number of carbonyl (C=O) groups is 1. The maximum absolute atomic E-state index is 13.6. The normalized spacial score (nSPS) is 13.9. The summed E-state index contributed by atoms with van der Waals surface area (Å²) in [4.78, 5) is 31.2. The zero-order valence-electron chi connectivity index (χ0n) is 20.3. The number of morpholine rings is 1. The van der Waals surface area contributed by atoms with Crippen molar-refractivity contribution in [1.82, 2.24) is 30.1 Å². The molecular weight excluding hydrogens is 498 g/mol. The van der Waals surface area contributed by atoms with Crippen LogP contribution in [-0.4, -0.2) is 70.1 Å². The molecule has 1 aliphatic heterocycles. The van der Waals surface area contributed by atoms with Crippen molar-refractivity contribution in [1.29, 1.82) is 0 Å². The fourth-order valence-corrected chi connectivity index (χ4v) is 4.06. The van der Waals surface area contributed by atoms with Gasteiger partial charge in [-0.25, -0.2) is 13.5 Å². The van der Waals surface area contributed by atoms with Gasteiger partial charge in [0.1, 0.15) is 11.6 Å². The number of hydrogen-bond donors (Lipinski definition) is 1. The Hall–Kier alpha value is -4.29. The number of nitrogens with one attached hydrogen (secondary N) is 1. The SMILES string of the molecule is O=C(NCCN1CCOCC1)c1nc(-c2cccc(Cn3nc(-c4cc(F)cc(F)c4)ccc3=O)c2)no1. The second kappa shape index (κ2) is 11.4. The van der Waals surface area contributed by atoms with E-state index in [1.54, 1.807) is 24.3 Å². The molecule has 2 aromatic carbocycles. The van der Waals surface area contributed by atoms with Crippen LogP contribution < -0.4 is 10.9 Å². The van der Waals surface area contributed by atoms with E-state index in [-0.39, 0.29) is 35.1 Å². The van der Waals surface area contributed by atoms with Gasteiger partial charge in [-0.05, 0) is 29.8 Å². The van der Waals surface area contributed by atoms with E-state index in [1.165, 1.54) is 16.8 Å². The van der Waals surface area contributed by atoms with Crippen molar-refractivity contribution >= 4 is 5.91 Å². The van der Waals surface area contributed by atoms with Gasteiger partial charge in [-0.1, -0.05) is 23.4 Å². The van der Waals surface area contributed by atoms with Gasteiger partial charge in [0.2, 0.25) is 5.82 Å². The van der Waals surface area contributed by atoms with Gasteiger partial charge in [0.15, 0.2) is 0 Å². The highest BCUT2D eigenvalue weighted by Gasteiger charge is 2.17. The van der Waals surface area contributed by atoms with Crippen LogP contribution >= 0.6 is 0 Å². The summed E-state index contributed by atoms with van der Waals surface area (Å²) in [6.07, 6.45) is 0. The van der Waals surface area contributed by atoms with E-state index < -0.39 is 17.5 Å². The molecular formula is C26H24F2N6O4. The summed E-state index contributed by atoms with van der Waals surface area (Å²) in [6.45, 7) is 4.24. The molecule has 0 radical (unpaired) electrons. The first-order valence-electron chi connectivity index (χ1n) is 12.0. The molecule has 1 saturated heterocycles. The van der Waals surface area contributed by atoms with Crippen molar-refractivity contribution < 1.29 is 22.8 Å². The molecule has 1 N–H and O–H groups in total. The Balaban J connectivity index is 1.27. The van der Waals surface area contributed by atoms with Gasteiger partial charge in [-0.15, -0.1) is 0 Å². The lowest BCUT2D eigenvalue weighted by atomic mass is 10.1. The minimum atomic E-state index is -0.738. The van der Waals surface area contributed by atoms with Crippen molar-refractivity contribution in [3.05, 3.63) is 88.0 Å². The molecule has 4 aromatic rings. The zero-order chi connectivity index (χ0) is 26.5. The molecule has 0 atom stereocenters. The molecule has 0 spiro atoms. The van der Waals surface area contributed by atoms with E-state index in [0.29, 0.717) is 37.4 Å². The monoisotopic (exact) mass is 522 g/mol. The van der Waals surface area contributed by atoms with Gasteiger partial charge in [-0.2, -0.15) is 10.1 Å². The van der Waals surface area contributed by atoms with E-state index >= 15 is 0 Å². The molecule has 3 heterocycles. The van der Waals surface area contributed by atoms with Crippen LogP contribution in [0.25, 0.3) is 22.6 Å². The van der Waals surface area contributed by atoms with Gasteiger partial charge < -0.3 is 14.6 Å². The van der Waals surface area contributed by atoms with Crippen LogP contribution in [0.2, 0.25) is 0 Å². The van der Waals surface area contributed by atoms with E-state index in [9.17, 15) is 18.4 Å². The molecule has 12 heteroatoms. The minimum Gasteiger partial charge on any atom is -0.379 e. The zero-order valence-corrected chi connectivity index (χ0v) is 20.3. The largest absolute Gasteiger partial charge is 0.379 e. The number of hydrogen-bond acceptors (Lipinski definition) is 8. The number of nitrogens with zero attached hydrogens (tertiary/aromatic N) is 5. The van der Waals surface area contributed by atoms with Gasteiger partial charge in [-0.3, -0.25) is 14.5 Å². The van der Waals surface area contributed by atoms with Crippen LogP contribution in [0.5, 0.6) is 0 Å². The van der Waals surface area contributed by atoms with Crippen molar-refractivity contribution in [2.24, 2.45) is 0 Å². The van der Waals surface area contributed by atoms with Crippen LogP contribution in [0.15, 0.2) is 63.9 Å². The number of rotatable bonds is 8. The van der Waals surface area contributed by atoms with Crippen LogP contribution in [0.1, 0.15) is 16.2 Å². The van der Waals surface area contributed by atoms with Crippen molar-refractivity contribution in [2.45, 2.75) is 6.54 Å². The maximum atomic E-state index is 13.6. The van der Waals surface area contributed by atoms with Crippen LogP contribution in [0, 0.1) is 11.6 Å². The first kappa shape index (κ1) is 25.4. The predicted molar refractivity (Wildman–Crippen MR) is 132 cm³/mol. The van der Waals surface area contributed by atoms with E-state index in [0.717, 1.165) is 31.3 Å². The number of aromatic nitrogens is 4. The molecule has 196 valence electrons. The molecule has 38 heavy (non-hydrogen) atoms. The summed E-state index contributed by atoms with van der Waals surface area (Å²) in [6, 6.07) is 12.8. The average Bonchev–Trinajstić information content (AvgIpc) is 3.41. The number of halogens is 2. The summed E-state index contributed by atoms with van der Waals surface area (Å²) in [5.74, 6) is -1.88. The maximum Gasteiger partial charge on any atom is 0.316 e. The number of amides is 1. The topological polar surface area (TPSA) is 115 Å². The fourth-order valence-electron chi connectivity index (χ4n) is 4.06. The number of ether oxygens (including phenoxy) is 1. The summed E-state index contributed by atoms with van der Waals surface area (Å²) >= 11 is 0. The molecule has 10 nitrogen and oxygen atoms in total. The molecule has 5 rings (SSSR count). The van der Waals surface area contributed by atoms with Crippen LogP contribution in [-0.2, 0) is 11.3 Å². The molecule has 0 aliphatic carbocycles. The third kappa shape index (κ3) is 6.15. The Bertz CT molecular complexity index is 1480. The van der Waals surface area contributed by atoms with E-state index in [2.05, 4.69) is 25.5 Å². The highest BCUT2D eigenvalue weighted by molar-refractivity contribution is 5.89. The predicted octanol–water partition coefficient (Wildman–Crippen LogP) is 2.35. The molecule has 0 unspecified atom stereocenters. The van der Waals surface area contributed by atoms with E-state index in [1.807, 2.05) is 0 Å². The molecule has 0 saturated carbocycles. The standard InChI is InChI=1S/C26H24F2N6O4/c27-20-13-19(14-21(28)15-20)22-4-5-23(35)34(31-22)16-17-2-1-3-18(12-17)24-30-26(38-32-24)25(36)29-6-7-33-8-10-37-11-9-33/h1-5,12-15H,6-11,16H2,(H,29,36). The highest BCUT2D eigenvalue weighted by atomic mass is 19.1. The number of carbonyl (C=O) groups excluding carboxylic acids is 1. The lowest BCUT2D eigenvalue weighted by Crippen LogP contribution is -2.41. The molecule has 1 fully saturated rings.